The molecular weight excluding hydrogens is 258 g/mol. The van der Waals surface area contributed by atoms with E-state index in [4.69, 9.17) is 15.2 Å². The number of hydrogen-bond acceptors (Lipinski definition) is 4. The van der Waals surface area contributed by atoms with Crippen LogP contribution in [-0.2, 0) is 0 Å². The van der Waals surface area contributed by atoms with Crippen LogP contribution < -0.4 is 15.2 Å². The van der Waals surface area contributed by atoms with Gasteiger partial charge in [0.15, 0.2) is 0 Å². The Hall–Kier alpha value is -1.52. The normalized spacial score (nSPS) is 13.8. The molecule has 1 heterocycles. The molecule has 1 aromatic carbocycles. The maximum Gasteiger partial charge on any atom is 0.148 e. The molecule has 0 spiro atoms. The Balaban J connectivity index is 2.15. The first kappa shape index (κ1) is 13.9. The van der Waals surface area contributed by atoms with Gasteiger partial charge in [0.1, 0.15) is 17.6 Å². The highest BCUT2D eigenvalue weighted by Gasteiger charge is 2.19. The summed E-state index contributed by atoms with van der Waals surface area (Å²) in [5.74, 6) is 1.59. The molecule has 2 unspecified atom stereocenters. The predicted molar refractivity (Wildman–Crippen MR) is 78.9 cm³/mol. The fourth-order valence-corrected chi connectivity index (χ4v) is 2.70. The van der Waals surface area contributed by atoms with Crippen molar-refractivity contribution >= 4 is 11.3 Å². The summed E-state index contributed by atoms with van der Waals surface area (Å²) in [5, 5.41) is 2.03. The molecule has 4 heteroatoms. The molecule has 2 aromatic rings. The Morgan fingerprint density at radius 1 is 1.21 bits per heavy atom. The first-order chi connectivity index (χ1) is 9.20. The van der Waals surface area contributed by atoms with Gasteiger partial charge in [-0.05, 0) is 37.4 Å². The van der Waals surface area contributed by atoms with Crippen LogP contribution in [-0.4, -0.2) is 12.6 Å². The molecule has 0 bridgehead atoms. The minimum Gasteiger partial charge on any atom is -0.494 e. The molecule has 0 amide bonds. The summed E-state index contributed by atoms with van der Waals surface area (Å²) in [4.78, 5) is 1.14. The van der Waals surface area contributed by atoms with Gasteiger partial charge in [0, 0.05) is 17.0 Å². The van der Waals surface area contributed by atoms with Crippen molar-refractivity contribution in [2.24, 2.45) is 5.73 Å². The zero-order valence-electron chi connectivity index (χ0n) is 11.2. The van der Waals surface area contributed by atoms with Crippen molar-refractivity contribution in [2.45, 2.75) is 26.0 Å². The van der Waals surface area contributed by atoms with Gasteiger partial charge in [0.25, 0.3) is 0 Å². The largest absolute Gasteiger partial charge is 0.494 e. The Labute approximate surface area is 118 Å². The lowest BCUT2D eigenvalue weighted by atomic mass is 10.1. The molecule has 2 rings (SSSR count). The maximum absolute atomic E-state index is 6.02. The molecule has 0 saturated carbocycles. The second-order valence-corrected chi connectivity index (χ2v) is 5.30. The summed E-state index contributed by atoms with van der Waals surface area (Å²) in [7, 11) is 0. The van der Waals surface area contributed by atoms with Crippen LogP contribution in [0.1, 0.15) is 24.8 Å². The molecule has 2 atom stereocenters. The van der Waals surface area contributed by atoms with Crippen molar-refractivity contribution in [3.05, 3.63) is 46.7 Å². The minimum atomic E-state index is -0.128. The van der Waals surface area contributed by atoms with Gasteiger partial charge in [-0.3, -0.25) is 0 Å². The molecule has 102 valence electrons. The van der Waals surface area contributed by atoms with Crippen LogP contribution in [0.3, 0.4) is 0 Å². The Bertz CT molecular complexity index is 497. The van der Waals surface area contributed by atoms with Gasteiger partial charge in [-0.2, -0.15) is 0 Å². The number of thiophene rings is 1. The molecular formula is C15H19NO2S. The summed E-state index contributed by atoms with van der Waals surface area (Å²) in [6, 6.07) is 11.6. The fraction of sp³-hybridized carbons (Fsp3) is 0.333. The zero-order valence-corrected chi connectivity index (χ0v) is 12.0. The monoisotopic (exact) mass is 277 g/mol. The Kier molecular flexibility index (Phi) is 4.82. The van der Waals surface area contributed by atoms with E-state index in [0.29, 0.717) is 6.61 Å². The quantitative estimate of drug-likeness (QED) is 0.877. The number of nitrogens with two attached hydrogens (primary N) is 1. The van der Waals surface area contributed by atoms with E-state index in [1.165, 1.54) is 0 Å². The predicted octanol–water partition coefficient (Wildman–Crippen LogP) is 3.61. The minimum absolute atomic E-state index is 0.0746. The lowest BCUT2D eigenvalue weighted by Gasteiger charge is -2.21. The topological polar surface area (TPSA) is 44.5 Å². The van der Waals surface area contributed by atoms with Crippen molar-refractivity contribution in [1.29, 1.82) is 0 Å². The first-order valence-corrected chi connectivity index (χ1v) is 7.27. The van der Waals surface area contributed by atoms with Crippen LogP contribution in [0, 0.1) is 0 Å². The standard InChI is InChI=1S/C15H19NO2S/c1-3-17-12-6-4-7-13(10-12)18-15(11(2)16)14-8-5-9-19-14/h4-11,15H,3,16H2,1-2H3. The molecule has 0 fully saturated rings. The highest BCUT2D eigenvalue weighted by atomic mass is 32.1. The van der Waals surface area contributed by atoms with Gasteiger partial charge in [-0.15, -0.1) is 11.3 Å². The summed E-state index contributed by atoms with van der Waals surface area (Å²) in [5.41, 5.74) is 6.02. The molecule has 0 radical (unpaired) electrons. The third-order valence-corrected chi connectivity index (χ3v) is 3.61. The molecule has 19 heavy (non-hydrogen) atoms. The highest BCUT2D eigenvalue weighted by Crippen LogP contribution is 2.29. The van der Waals surface area contributed by atoms with Crippen molar-refractivity contribution in [3.63, 3.8) is 0 Å². The molecule has 2 N–H and O–H groups in total. The van der Waals surface area contributed by atoms with E-state index in [-0.39, 0.29) is 12.1 Å². The summed E-state index contributed by atoms with van der Waals surface area (Å²) >= 11 is 1.66. The molecule has 1 aromatic heterocycles. The lowest BCUT2D eigenvalue weighted by molar-refractivity contribution is 0.183. The van der Waals surface area contributed by atoms with Gasteiger partial charge in [0.2, 0.25) is 0 Å². The second-order valence-electron chi connectivity index (χ2n) is 4.32. The van der Waals surface area contributed by atoms with E-state index in [0.717, 1.165) is 16.4 Å². The Morgan fingerprint density at radius 2 is 2.00 bits per heavy atom. The van der Waals surface area contributed by atoms with E-state index in [9.17, 15) is 0 Å². The van der Waals surface area contributed by atoms with Crippen LogP contribution in [0.25, 0.3) is 0 Å². The van der Waals surface area contributed by atoms with Crippen LogP contribution >= 0.6 is 11.3 Å². The number of hydrogen-bond donors (Lipinski definition) is 1. The van der Waals surface area contributed by atoms with Crippen molar-refractivity contribution in [1.82, 2.24) is 0 Å². The van der Waals surface area contributed by atoms with E-state index in [2.05, 4.69) is 0 Å². The SMILES string of the molecule is CCOc1cccc(OC(c2cccs2)C(C)N)c1. The van der Waals surface area contributed by atoms with Gasteiger partial charge in [0.05, 0.1) is 6.61 Å². The van der Waals surface area contributed by atoms with Gasteiger partial charge < -0.3 is 15.2 Å². The van der Waals surface area contributed by atoms with Crippen LogP contribution in [0.5, 0.6) is 11.5 Å². The van der Waals surface area contributed by atoms with Crippen LogP contribution in [0.2, 0.25) is 0 Å². The third kappa shape index (κ3) is 3.72. The van der Waals surface area contributed by atoms with Crippen LogP contribution in [0.4, 0.5) is 0 Å². The summed E-state index contributed by atoms with van der Waals surface area (Å²) < 4.78 is 11.5. The van der Waals surface area contributed by atoms with E-state index < -0.39 is 0 Å². The smallest absolute Gasteiger partial charge is 0.148 e. The van der Waals surface area contributed by atoms with E-state index in [1.54, 1.807) is 11.3 Å². The van der Waals surface area contributed by atoms with E-state index in [1.807, 2.05) is 55.6 Å². The third-order valence-electron chi connectivity index (χ3n) is 2.68. The van der Waals surface area contributed by atoms with Crippen molar-refractivity contribution < 1.29 is 9.47 Å². The summed E-state index contributed by atoms with van der Waals surface area (Å²) in [6.07, 6.45) is -0.128. The lowest BCUT2D eigenvalue weighted by Crippen LogP contribution is -2.28. The van der Waals surface area contributed by atoms with E-state index >= 15 is 0 Å². The maximum atomic E-state index is 6.02. The number of rotatable bonds is 6. The average Bonchev–Trinajstić information content (AvgIpc) is 2.90. The molecule has 0 aliphatic heterocycles. The van der Waals surface area contributed by atoms with Crippen molar-refractivity contribution in [2.75, 3.05) is 6.61 Å². The zero-order chi connectivity index (χ0) is 13.7. The first-order valence-electron chi connectivity index (χ1n) is 6.39. The second kappa shape index (κ2) is 6.59. The fourth-order valence-electron chi connectivity index (χ4n) is 1.83. The Morgan fingerprint density at radius 3 is 2.63 bits per heavy atom. The number of ether oxygens (including phenoxy) is 2. The molecule has 0 aliphatic carbocycles. The highest BCUT2D eigenvalue weighted by molar-refractivity contribution is 7.10. The molecule has 3 nitrogen and oxygen atoms in total. The number of benzene rings is 1. The molecule has 0 aliphatic rings. The average molecular weight is 277 g/mol. The van der Waals surface area contributed by atoms with Crippen LogP contribution in [0.15, 0.2) is 41.8 Å². The molecule has 0 saturated heterocycles. The van der Waals surface area contributed by atoms with Gasteiger partial charge >= 0.3 is 0 Å². The van der Waals surface area contributed by atoms with Gasteiger partial charge in [-0.1, -0.05) is 12.1 Å². The van der Waals surface area contributed by atoms with Crippen molar-refractivity contribution in [3.8, 4) is 11.5 Å². The summed E-state index contributed by atoms with van der Waals surface area (Å²) in [6.45, 7) is 4.56. The van der Waals surface area contributed by atoms with Gasteiger partial charge in [-0.25, -0.2) is 0 Å².